The van der Waals surface area contributed by atoms with Crippen molar-refractivity contribution in [2.45, 2.75) is 38.1 Å². The van der Waals surface area contributed by atoms with Crippen LogP contribution in [0.1, 0.15) is 30.4 Å². The van der Waals surface area contributed by atoms with Crippen LogP contribution in [0.25, 0.3) is 5.57 Å². The molecule has 1 saturated carbocycles. The highest BCUT2D eigenvalue weighted by Gasteiger charge is 2.40. The minimum absolute atomic E-state index is 0.0446. The molecule has 0 spiro atoms. The van der Waals surface area contributed by atoms with Crippen LogP contribution in [0.3, 0.4) is 0 Å². The summed E-state index contributed by atoms with van der Waals surface area (Å²) < 4.78 is 12.0. The van der Waals surface area contributed by atoms with Crippen LogP contribution >= 0.6 is 0 Å². The highest BCUT2D eigenvalue weighted by Crippen LogP contribution is 2.37. The number of carbonyl (C=O) groups excluding carboxylic acids is 1. The molecule has 1 fully saturated rings. The molecule has 1 aliphatic carbocycles. The minimum Gasteiger partial charge on any atom is -0.496 e. The van der Waals surface area contributed by atoms with E-state index in [4.69, 9.17) is 9.47 Å². The first kappa shape index (κ1) is 16.1. The third kappa shape index (κ3) is 3.52. The van der Waals surface area contributed by atoms with Gasteiger partial charge in [-0.2, -0.15) is 0 Å². The number of allylic oxidation sites excluding steroid dienone is 1. The fourth-order valence-corrected chi connectivity index (χ4v) is 3.72. The number of rotatable bonds is 4. The van der Waals surface area contributed by atoms with Gasteiger partial charge in [0.15, 0.2) is 5.78 Å². The third-order valence-electron chi connectivity index (χ3n) is 5.12. The van der Waals surface area contributed by atoms with E-state index < -0.39 is 0 Å². The van der Waals surface area contributed by atoms with Crippen molar-refractivity contribution in [2.24, 2.45) is 5.92 Å². The van der Waals surface area contributed by atoms with Gasteiger partial charge in [0.1, 0.15) is 6.10 Å². The van der Waals surface area contributed by atoms with Crippen LogP contribution in [0.2, 0.25) is 0 Å². The van der Waals surface area contributed by atoms with Crippen molar-refractivity contribution < 1.29 is 14.3 Å². The number of ketones is 1. The average molecular weight is 334 g/mol. The molecule has 1 heterocycles. The van der Waals surface area contributed by atoms with Crippen molar-refractivity contribution in [2.75, 3.05) is 0 Å². The quantitative estimate of drug-likeness (QED) is 0.832. The maximum Gasteiger partial charge on any atom is 0.173 e. The summed E-state index contributed by atoms with van der Waals surface area (Å²) in [5, 5.41) is 0. The number of benzene rings is 2. The number of hydrogen-bond acceptors (Lipinski definition) is 3. The molecule has 2 aromatic carbocycles. The molecular weight excluding hydrogens is 312 g/mol. The zero-order chi connectivity index (χ0) is 17.1. The minimum atomic E-state index is -0.0607. The monoisotopic (exact) mass is 334 g/mol. The Kier molecular flexibility index (Phi) is 4.66. The van der Waals surface area contributed by atoms with Crippen LogP contribution in [0.4, 0.5) is 0 Å². The summed E-state index contributed by atoms with van der Waals surface area (Å²) in [5.74, 6) is 0.167. The summed E-state index contributed by atoms with van der Waals surface area (Å²) in [4.78, 5) is 12.9. The summed E-state index contributed by atoms with van der Waals surface area (Å²) in [6, 6.07) is 20.0. The SMILES string of the molecule is O=C1C(c2ccccc2)=COC2CC(OCc3ccccc3)CCC12. The molecule has 4 rings (SSSR count). The van der Waals surface area contributed by atoms with E-state index in [1.165, 1.54) is 5.56 Å². The van der Waals surface area contributed by atoms with Crippen LogP contribution in [0, 0.1) is 5.92 Å². The standard InChI is InChI=1S/C22H22O3/c23-22-19-12-11-18(24-14-16-7-3-1-4-8-16)13-21(19)25-15-20(22)17-9-5-2-6-10-17/h1-10,15,18-19,21H,11-14H2. The number of fused-ring (bicyclic) bond motifs is 1. The van der Waals surface area contributed by atoms with Crippen LogP contribution in [0.5, 0.6) is 0 Å². The Balaban J connectivity index is 1.40. The van der Waals surface area contributed by atoms with Gasteiger partial charge >= 0.3 is 0 Å². The molecule has 3 atom stereocenters. The molecule has 3 heteroatoms. The zero-order valence-electron chi connectivity index (χ0n) is 14.1. The maximum atomic E-state index is 12.9. The first-order chi connectivity index (χ1) is 12.3. The highest BCUT2D eigenvalue weighted by molar-refractivity contribution is 6.22. The molecule has 25 heavy (non-hydrogen) atoms. The molecule has 0 saturated heterocycles. The van der Waals surface area contributed by atoms with Gasteiger partial charge in [0, 0.05) is 6.42 Å². The Morgan fingerprint density at radius 2 is 1.68 bits per heavy atom. The van der Waals surface area contributed by atoms with Gasteiger partial charge in [-0.05, 0) is 24.0 Å². The Morgan fingerprint density at radius 3 is 2.44 bits per heavy atom. The third-order valence-corrected chi connectivity index (χ3v) is 5.12. The van der Waals surface area contributed by atoms with Gasteiger partial charge in [-0.1, -0.05) is 60.7 Å². The normalized spacial score (nSPS) is 25.7. The molecule has 128 valence electrons. The summed E-state index contributed by atoms with van der Waals surface area (Å²) in [7, 11) is 0. The molecular formula is C22H22O3. The van der Waals surface area contributed by atoms with Gasteiger partial charge in [0.25, 0.3) is 0 Å². The van der Waals surface area contributed by atoms with Crippen molar-refractivity contribution in [1.29, 1.82) is 0 Å². The van der Waals surface area contributed by atoms with Crippen molar-refractivity contribution in [3.8, 4) is 0 Å². The molecule has 3 nitrogen and oxygen atoms in total. The van der Waals surface area contributed by atoms with Crippen LogP contribution < -0.4 is 0 Å². The Labute approximate surface area is 148 Å². The number of Topliss-reactive ketones (excluding diaryl/α,β-unsaturated/α-hetero) is 1. The van der Waals surface area contributed by atoms with E-state index in [-0.39, 0.29) is 23.9 Å². The molecule has 0 radical (unpaired) electrons. The van der Waals surface area contributed by atoms with Crippen molar-refractivity contribution in [1.82, 2.24) is 0 Å². The number of hydrogen-bond donors (Lipinski definition) is 0. The van der Waals surface area contributed by atoms with Crippen molar-refractivity contribution in [3.63, 3.8) is 0 Å². The largest absolute Gasteiger partial charge is 0.496 e. The molecule has 3 unspecified atom stereocenters. The van der Waals surface area contributed by atoms with Gasteiger partial charge in [0.2, 0.25) is 0 Å². The summed E-state index contributed by atoms with van der Waals surface area (Å²) in [6.45, 7) is 0.613. The lowest BCUT2D eigenvalue weighted by Crippen LogP contribution is -2.41. The molecule has 2 aromatic rings. The molecule has 0 amide bonds. The van der Waals surface area contributed by atoms with Gasteiger partial charge in [0.05, 0.1) is 30.5 Å². The molecule has 2 aliphatic rings. The Morgan fingerprint density at radius 1 is 0.960 bits per heavy atom. The fourth-order valence-electron chi connectivity index (χ4n) is 3.72. The van der Waals surface area contributed by atoms with Gasteiger partial charge in [-0.3, -0.25) is 4.79 Å². The van der Waals surface area contributed by atoms with E-state index >= 15 is 0 Å². The van der Waals surface area contributed by atoms with Crippen molar-refractivity contribution >= 4 is 11.4 Å². The summed E-state index contributed by atoms with van der Waals surface area (Å²) in [6.07, 6.45) is 4.26. The first-order valence-corrected chi connectivity index (χ1v) is 8.92. The predicted octanol–water partition coefficient (Wildman–Crippen LogP) is 4.38. The highest BCUT2D eigenvalue weighted by atomic mass is 16.5. The van der Waals surface area contributed by atoms with Gasteiger partial charge in [-0.15, -0.1) is 0 Å². The topological polar surface area (TPSA) is 35.5 Å². The lowest BCUT2D eigenvalue weighted by Gasteiger charge is -2.37. The van der Waals surface area contributed by atoms with E-state index in [1.54, 1.807) is 6.26 Å². The second-order valence-electron chi connectivity index (χ2n) is 6.77. The second-order valence-corrected chi connectivity index (χ2v) is 6.77. The molecule has 1 aliphatic heterocycles. The Hall–Kier alpha value is -2.39. The van der Waals surface area contributed by atoms with E-state index in [0.717, 1.165) is 24.8 Å². The predicted molar refractivity (Wildman–Crippen MR) is 96.7 cm³/mol. The lowest BCUT2D eigenvalue weighted by atomic mass is 9.78. The number of ether oxygens (including phenoxy) is 2. The lowest BCUT2D eigenvalue weighted by molar-refractivity contribution is -0.128. The molecule has 0 bridgehead atoms. The van der Waals surface area contributed by atoms with E-state index in [0.29, 0.717) is 12.2 Å². The second kappa shape index (κ2) is 7.24. The fraction of sp³-hybridized carbons (Fsp3) is 0.318. The van der Waals surface area contributed by atoms with Crippen LogP contribution in [-0.4, -0.2) is 18.0 Å². The average Bonchev–Trinajstić information content (AvgIpc) is 2.68. The van der Waals surface area contributed by atoms with Gasteiger partial charge < -0.3 is 9.47 Å². The van der Waals surface area contributed by atoms with E-state index in [2.05, 4.69) is 12.1 Å². The summed E-state index contributed by atoms with van der Waals surface area (Å²) in [5.41, 5.74) is 2.82. The Bertz CT molecular complexity index is 751. The first-order valence-electron chi connectivity index (χ1n) is 8.92. The van der Waals surface area contributed by atoms with E-state index in [1.807, 2.05) is 48.5 Å². The van der Waals surface area contributed by atoms with E-state index in [9.17, 15) is 4.79 Å². The maximum absolute atomic E-state index is 12.9. The number of carbonyl (C=O) groups is 1. The summed E-state index contributed by atoms with van der Waals surface area (Å²) >= 11 is 0. The van der Waals surface area contributed by atoms with Crippen LogP contribution in [-0.2, 0) is 20.9 Å². The smallest absolute Gasteiger partial charge is 0.173 e. The van der Waals surface area contributed by atoms with Crippen LogP contribution in [0.15, 0.2) is 66.9 Å². The van der Waals surface area contributed by atoms with Crippen molar-refractivity contribution in [3.05, 3.63) is 78.1 Å². The van der Waals surface area contributed by atoms with Gasteiger partial charge in [-0.25, -0.2) is 0 Å². The zero-order valence-corrected chi connectivity index (χ0v) is 14.1. The molecule has 0 aromatic heterocycles. The molecule has 0 N–H and O–H groups in total.